The third kappa shape index (κ3) is 3.92. The number of hydrogen-bond donors (Lipinski definition) is 0. The molecule has 0 saturated carbocycles. The Kier molecular flexibility index (Phi) is 5.11. The molecule has 0 N–H and O–H groups in total. The molecule has 1 aromatic carbocycles. The molecule has 0 radical (unpaired) electrons. The molecule has 1 aliphatic heterocycles. The molecule has 5 heteroatoms. The molecule has 3 rings (SSSR count). The van der Waals surface area contributed by atoms with Gasteiger partial charge in [-0.1, -0.05) is 30.3 Å². The third-order valence-electron chi connectivity index (χ3n) is 4.63. The average molecular weight is 325 g/mol. The van der Waals surface area contributed by atoms with Crippen molar-refractivity contribution in [3.63, 3.8) is 0 Å². The first kappa shape index (κ1) is 16.5. The lowest BCUT2D eigenvalue weighted by Crippen LogP contribution is -2.48. The second-order valence-electron chi connectivity index (χ2n) is 6.39. The second kappa shape index (κ2) is 7.45. The Hall–Kier alpha value is -2.40. The molecule has 1 unspecified atom stereocenters. The summed E-state index contributed by atoms with van der Waals surface area (Å²) in [5, 5.41) is 11.1. The van der Waals surface area contributed by atoms with E-state index in [9.17, 15) is 10.0 Å². The highest BCUT2D eigenvalue weighted by Gasteiger charge is 2.27. The van der Waals surface area contributed by atoms with Crippen molar-refractivity contribution >= 4 is 5.91 Å². The van der Waals surface area contributed by atoms with Gasteiger partial charge in [0.15, 0.2) is 12.4 Å². The molecule has 126 valence electrons. The van der Waals surface area contributed by atoms with Crippen LogP contribution in [0.25, 0.3) is 0 Å². The van der Waals surface area contributed by atoms with Crippen molar-refractivity contribution in [3.05, 3.63) is 71.2 Å². The van der Waals surface area contributed by atoms with E-state index >= 15 is 0 Å². The van der Waals surface area contributed by atoms with Gasteiger partial charge in [0.05, 0.1) is 5.56 Å². The lowest BCUT2D eigenvalue weighted by molar-refractivity contribution is -0.605. The fourth-order valence-electron chi connectivity index (χ4n) is 3.24. The van der Waals surface area contributed by atoms with Crippen molar-refractivity contribution in [2.24, 2.45) is 0 Å². The summed E-state index contributed by atoms with van der Waals surface area (Å²) >= 11 is 0. The molecule has 2 heterocycles. The topological polar surface area (TPSA) is 50.5 Å². The Bertz CT molecular complexity index is 673. The Balaban J connectivity index is 1.63. The number of hydrogen-bond acceptors (Lipinski definition) is 3. The molecule has 1 aliphatic rings. The Labute approximate surface area is 142 Å². The zero-order valence-electron chi connectivity index (χ0n) is 14.0. The van der Waals surface area contributed by atoms with Gasteiger partial charge in [0, 0.05) is 37.8 Å². The Morgan fingerprint density at radius 2 is 1.96 bits per heavy atom. The van der Waals surface area contributed by atoms with Crippen LogP contribution in [0.3, 0.4) is 0 Å². The quantitative estimate of drug-likeness (QED) is 0.639. The number of likely N-dealkylation sites (N-methyl/N-ethyl adjacent to an activating group) is 1. The molecular weight excluding hydrogens is 302 g/mol. The normalized spacial score (nSPS) is 17.9. The summed E-state index contributed by atoms with van der Waals surface area (Å²) in [4.78, 5) is 16.9. The van der Waals surface area contributed by atoms with Crippen molar-refractivity contribution in [3.8, 4) is 0 Å². The average Bonchev–Trinajstić information content (AvgIpc) is 2.63. The van der Waals surface area contributed by atoms with Crippen molar-refractivity contribution in [2.75, 3.05) is 20.1 Å². The number of benzene rings is 1. The summed E-state index contributed by atoms with van der Waals surface area (Å²) in [6.45, 7) is 2.39. The number of carbonyl (C=O) groups excluding carboxylic acids is 1. The van der Waals surface area contributed by atoms with Crippen LogP contribution in [-0.4, -0.2) is 41.9 Å². The standard InChI is InChI=1S/C19H23N3O2/c1-20(14-16-6-3-2-4-7-16)18-8-5-11-21(15-18)19(23)17-9-12-22(24)13-10-17/h2-4,6-7,9-10,12-13,18H,5,8,11,14-15H2,1H3. The van der Waals surface area contributed by atoms with Gasteiger partial charge in [0.2, 0.25) is 0 Å². The van der Waals surface area contributed by atoms with Crippen LogP contribution in [0.2, 0.25) is 0 Å². The minimum Gasteiger partial charge on any atom is -0.619 e. The van der Waals surface area contributed by atoms with E-state index < -0.39 is 0 Å². The molecule has 1 fully saturated rings. The fourth-order valence-corrected chi connectivity index (χ4v) is 3.24. The first-order chi connectivity index (χ1) is 11.6. The Morgan fingerprint density at radius 3 is 2.67 bits per heavy atom. The maximum Gasteiger partial charge on any atom is 0.254 e. The highest BCUT2D eigenvalue weighted by molar-refractivity contribution is 5.94. The van der Waals surface area contributed by atoms with Crippen LogP contribution in [0.4, 0.5) is 0 Å². The van der Waals surface area contributed by atoms with Gasteiger partial charge >= 0.3 is 0 Å². The molecule has 5 nitrogen and oxygen atoms in total. The summed E-state index contributed by atoms with van der Waals surface area (Å²) in [6.07, 6.45) is 4.85. The van der Waals surface area contributed by atoms with Crippen LogP contribution in [0, 0.1) is 5.21 Å². The van der Waals surface area contributed by atoms with E-state index in [1.807, 2.05) is 11.0 Å². The highest BCUT2D eigenvalue weighted by Crippen LogP contribution is 2.18. The number of likely N-dealkylation sites (tertiary alicyclic amines) is 1. The van der Waals surface area contributed by atoms with E-state index in [1.165, 1.54) is 18.0 Å². The first-order valence-electron chi connectivity index (χ1n) is 8.36. The number of amides is 1. The minimum atomic E-state index is 0.00779. The van der Waals surface area contributed by atoms with E-state index in [0.29, 0.717) is 16.3 Å². The van der Waals surface area contributed by atoms with E-state index in [2.05, 4.69) is 36.2 Å². The number of aromatic nitrogens is 1. The maximum atomic E-state index is 12.6. The highest BCUT2D eigenvalue weighted by atomic mass is 16.5. The molecule has 0 bridgehead atoms. The van der Waals surface area contributed by atoms with Gasteiger partial charge in [-0.3, -0.25) is 9.69 Å². The van der Waals surface area contributed by atoms with Crippen LogP contribution < -0.4 is 4.73 Å². The van der Waals surface area contributed by atoms with Crippen molar-refractivity contribution in [1.29, 1.82) is 0 Å². The van der Waals surface area contributed by atoms with Gasteiger partial charge in [0.25, 0.3) is 5.91 Å². The molecular formula is C19H23N3O2. The minimum absolute atomic E-state index is 0.00779. The maximum absolute atomic E-state index is 12.6. The smallest absolute Gasteiger partial charge is 0.254 e. The zero-order chi connectivity index (χ0) is 16.9. The van der Waals surface area contributed by atoms with Crippen molar-refractivity contribution in [1.82, 2.24) is 9.80 Å². The third-order valence-corrected chi connectivity index (χ3v) is 4.63. The van der Waals surface area contributed by atoms with E-state index in [4.69, 9.17) is 0 Å². The van der Waals surface area contributed by atoms with Gasteiger partial charge in [-0.05, 0) is 25.5 Å². The summed E-state index contributed by atoms with van der Waals surface area (Å²) < 4.78 is 0.698. The lowest BCUT2D eigenvalue weighted by atomic mass is 10.0. The molecule has 0 spiro atoms. The first-order valence-corrected chi connectivity index (χ1v) is 8.36. The number of carbonyl (C=O) groups is 1. The van der Waals surface area contributed by atoms with Gasteiger partial charge < -0.3 is 10.1 Å². The predicted octanol–water partition coefficient (Wildman–Crippen LogP) is 2.06. The van der Waals surface area contributed by atoms with Crippen LogP contribution in [0.1, 0.15) is 28.8 Å². The molecule has 1 aromatic heterocycles. The molecule has 2 aromatic rings. The van der Waals surface area contributed by atoms with Crippen LogP contribution in [0.15, 0.2) is 54.9 Å². The van der Waals surface area contributed by atoms with E-state index in [0.717, 1.165) is 32.5 Å². The lowest BCUT2D eigenvalue weighted by Gasteiger charge is -2.37. The summed E-state index contributed by atoms with van der Waals surface area (Å²) in [7, 11) is 2.12. The number of nitrogens with zero attached hydrogens (tertiary/aromatic N) is 3. The van der Waals surface area contributed by atoms with Gasteiger partial charge in [-0.25, -0.2) is 0 Å². The zero-order valence-corrected chi connectivity index (χ0v) is 14.0. The summed E-state index contributed by atoms with van der Waals surface area (Å²) in [5.74, 6) is 0.00779. The molecule has 24 heavy (non-hydrogen) atoms. The van der Waals surface area contributed by atoms with Crippen LogP contribution in [0.5, 0.6) is 0 Å². The van der Waals surface area contributed by atoms with E-state index in [-0.39, 0.29) is 5.91 Å². The number of pyridine rings is 1. The van der Waals surface area contributed by atoms with Crippen LogP contribution in [-0.2, 0) is 6.54 Å². The van der Waals surface area contributed by atoms with Gasteiger partial charge in [-0.15, -0.1) is 0 Å². The Morgan fingerprint density at radius 1 is 1.25 bits per heavy atom. The van der Waals surface area contributed by atoms with Crippen molar-refractivity contribution in [2.45, 2.75) is 25.4 Å². The molecule has 1 amide bonds. The second-order valence-corrected chi connectivity index (χ2v) is 6.39. The van der Waals surface area contributed by atoms with Gasteiger partial charge in [0.1, 0.15) is 0 Å². The summed E-state index contributed by atoms with van der Waals surface area (Å²) in [5.41, 5.74) is 1.86. The number of piperidine rings is 1. The molecule has 0 aliphatic carbocycles. The van der Waals surface area contributed by atoms with Crippen molar-refractivity contribution < 1.29 is 9.52 Å². The van der Waals surface area contributed by atoms with E-state index in [1.54, 1.807) is 12.1 Å². The number of rotatable bonds is 4. The van der Waals surface area contributed by atoms with Gasteiger partial charge in [-0.2, -0.15) is 4.73 Å². The predicted molar refractivity (Wildman–Crippen MR) is 92.2 cm³/mol. The van der Waals surface area contributed by atoms with Crippen LogP contribution >= 0.6 is 0 Å². The molecule has 1 saturated heterocycles. The SMILES string of the molecule is CN(Cc1ccccc1)C1CCCN(C(=O)c2cc[n+]([O-])cc2)C1. The monoisotopic (exact) mass is 325 g/mol. The largest absolute Gasteiger partial charge is 0.619 e. The fraction of sp³-hybridized carbons (Fsp3) is 0.368. The summed E-state index contributed by atoms with van der Waals surface area (Å²) in [6, 6.07) is 13.9. The molecule has 1 atom stereocenters.